The summed E-state index contributed by atoms with van der Waals surface area (Å²) in [5.74, 6) is 0.107. The van der Waals surface area contributed by atoms with Gasteiger partial charge in [-0.15, -0.1) is 0 Å². The van der Waals surface area contributed by atoms with Crippen molar-refractivity contribution in [3.63, 3.8) is 0 Å². The molecule has 0 aliphatic heterocycles. The maximum absolute atomic E-state index is 12.0. The van der Waals surface area contributed by atoms with E-state index in [2.05, 4.69) is 10.4 Å². The summed E-state index contributed by atoms with van der Waals surface area (Å²) < 4.78 is 7.58. The first-order valence-corrected chi connectivity index (χ1v) is 8.72. The van der Waals surface area contributed by atoms with E-state index in [1.54, 1.807) is 26.2 Å². The Morgan fingerprint density at radius 2 is 2.15 bits per heavy atom. The number of aryl methyl sites for hydroxylation is 2. The van der Waals surface area contributed by atoms with Gasteiger partial charge in [0, 0.05) is 19.3 Å². The van der Waals surface area contributed by atoms with Gasteiger partial charge in [-0.25, -0.2) is 9.31 Å². The second-order valence-corrected chi connectivity index (χ2v) is 6.63. The Balaban J connectivity index is 1.70. The van der Waals surface area contributed by atoms with E-state index in [0.717, 1.165) is 24.0 Å². The van der Waals surface area contributed by atoms with E-state index in [0.29, 0.717) is 22.6 Å². The summed E-state index contributed by atoms with van der Waals surface area (Å²) in [5, 5.41) is 16.2. The largest absolute Gasteiger partial charge is 0.478 e. The Hall–Kier alpha value is -3.35. The second kappa shape index (κ2) is 6.42. The zero-order chi connectivity index (χ0) is 19.1. The van der Waals surface area contributed by atoms with Crippen LogP contribution in [0.4, 0.5) is 0 Å². The van der Waals surface area contributed by atoms with E-state index in [-0.39, 0.29) is 17.4 Å². The van der Waals surface area contributed by atoms with Crippen molar-refractivity contribution in [1.29, 1.82) is 0 Å². The lowest BCUT2D eigenvalue weighted by atomic mass is 10.0. The molecule has 1 aliphatic rings. The van der Waals surface area contributed by atoms with Gasteiger partial charge in [0.1, 0.15) is 11.3 Å². The van der Waals surface area contributed by atoms with E-state index in [1.165, 1.54) is 10.7 Å². The molecule has 2 aromatic heterocycles. The highest BCUT2D eigenvalue weighted by atomic mass is 16.5. The normalized spacial score (nSPS) is 15.6. The third-order valence-electron chi connectivity index (χ3n) is 5.10. The van der Waals surface area contributed by atoms with Crippen LogP contribution < -0.4 is 10.1 Å². The number of carbonyl (C=O) groups excluding carboxylic acids is 1. The van der Waals surface area contributed by atoms with Crippen LogP contribution in [-0.4, -0.2) is 33.6 Å². The molecule has 2 N–H and O–H groups in total. The predicted octanol–water partition coefficient (Wildman–Crippen LogP) is 2.91. The molecular formula is C20H19N3O4. The van der Waals surface area contributed by atoms with Crippen molar-refractivity contribution < 1.29 is 19.4 Å². The fourth-order valence-corrected chi connectivity index (χ4v) is 3.75. The number of amides is 1. The van der Waals surface area contributed by atoms with E-state index >= 15 is 0 Å². The van der Waals surface area contributed by atoms with Crippen molar-refractivity contribution in [2.45, 2.75) is 25.7 Å². The first-order chi connectivity index (χ1) is 13.0. The van der Waals surface area contributed by atoms with E-state index in [4.69, 9.17) is 4.74 Å². The predicted molar refractivity (Wildman–Crippen MR) is 98.5 cm³/mol. The van der Waals surface area contributed by atoms with E-state index < -0.39 is 5.97 Å². The molecule has 0 radical (unpaired) electrons. The molecule has 0 saturated heterocycles. The van der Waals surface area contributed by atoms with Gasteiger partial charge >= 0.3 is 5.97 Å². The van der Waals surface area contributed by atoms with Gasteiger partial charge in [-0.3, -0.25) is 4.79 Å². The number of fused-ring (bicyclic) bond motifs is 2. The smallest absolute Gasteiger partial charge is 0.337 e. The lowest BCUT2D eigenvalue weighted by molar-refractivity contribution is -0.122. The van der Waals surface area contributed by atoms with Gasteiger partial charge in [0.2, 0.25) is 5.91 Å². The van der Waals surface area contributed by atoms with Crippen molar-refractivity contribution in [3.8, 4) is 11.5 Å². The summed E-state index contributed by atoms with van der Waals surface area (Å²) in [5.41, 5.74) is 3.56. The Morgan fingerprint density at radius 1 is 1.33 bits per heavy atom. The molecule has 7 heteroatoms. The lowest BCUT2D eigenvalue weighted by Gasteiger charge is -2.12. The molecule has 0 saturated carbocycles. The molecule has 0 bridgehead atoms. The molecule has 0 spiro atoms. The van der Waals surface area contributed by atoms with Crippen LogP contribution in [0.2, 0.25) is 0 Å². The highest BCUT2D eigenvalue weighted by Gasteiger charge is 2.28. The molecule has 1 atom stereocenters. The lowest BCUT2D eigenvalue weighted by Crippen LogP contribution is -2.24. The summed E-state index contributed by atoms with van der Waals surface area (Å²) >= 11 is 0. The van der Waals surface area contributed by atoms with Crippen molar-refractivity contribution in [2.24, 2.45) is 0 Å². The zero-order valence-electron chi connectivity index (χ0n) is 15.0. The Kier molecular flexibility index (Phi) is 4.07. The van der Waals surface area contributed by atoms with Gasteiger partial charge in [-0.05, 0) is 48.6 Å². The van der Waals surface area contributed by atoms with Crippen LogP contribution in [0.25, 0.3) is 5.52 Å². The minimum absolute atomic E-state index is 0.0308. The molecular weight excluding hydrogens is 346 g/mol. The van der Waals surface area contributed by atoms with E-state index in [9.17, 15) is 14.7 Å². The molecule has 0 unspecified atom stereocenters. The van der Waals surface area contributed by atoms with Crippen molar-refractivity contribution >= 4 is 17.4 Å². The number of ether oxygens (including phenoxy) is 1. The third-order valence-corrected chi connectivity index (χ3v) is 5.10. The summed E-state index contributed by atoms with van der Waals surface area (Å²) in [4.78, 5) is 23.4. The minimum atomic E-state index is -0.998. The van der Waals surface area contributed by atoms with Gasteiger partial charge in [-0.2, -0.15) is 5.10 Å². The van der Waals surface area contributed by atoms with Crippen molar-refractivity contribution in [2.75, 3.05) is 7.05 Å². The van der Waals surface area contributed by atoms with Gasteiger partial charge < -0.3 is 15.2 Å². The number of aromatic carboxylic acids is 1. The van der Waals surface area contributed by atoms with Crippen LogP contribution in [0.15, 0.2) is 36.7 Å². The first kappa shape index (κ1) is 17.1. The molecule has 7 nitrogen and oxygen atoms in total. The number of carboxylic acid groups (broad SMARTS) is 1. The van der Waals surface area contributed by atoms with Crippen LogP contribution in [-0.2, 0) is 11.2 Å². The van der Waals surface area contributed by atoms with Crippen LogP contribution in [0.1, 0.15) is 39.4 Å². The SMILES string of the molecule is CNC(=O)[C@@H]1CCc2cc(Oc3ccnn4cc(C(=O)O)c(C)c34)ccc21. The molecule has 1 amide bonds. The van der Waals surface area contributed by atoms with Gasteiger partial charge in [-0.1, -0.05) is 6.07 Å². The monoisotopic (exact) mass is 365 g/mol. The number of rotatable bonds is 4. The zero-order valence-corrected chi connectivity index (χ0v) is 15.0. The average Bonchev–Trinajstić information content (AvgIpc) is 3.23. The number of likely N-dealkylation sites (N-methyl/N-ethyl adjacent to an activating group) is 1. The summed E-state index contributed by atoms with van der Waals surface area (Å²) in [6.07, 6.45) is 4.67. The van der Waals surface area contributed by atoms with Crippen LogP contribution in [0.5, 0.6) is 11.5 Å². The molecule has 1 aliphatic carbocycles. The maximum Gasteiger partial charge on any atom is 0.337 e. The minimum Gasteiger partial charge on any atom is -0.478 e. The fraction of sp³-hybridized carbons (Fsp3) is 0.250. The average molecular weight is 365 g/mol. The fourth-order valence-electron chi connectivity index (χ4n) is 3.75. The Morgan fingerprint density at radius 3 is 2.89 bits per heavy atom. The van der Waals surface area contributed by atoms with E-state index in [1.807, 2.05) is 18.2 Å². The number of carbonyl (C=O) groups is 2. The third kappa shape index (κ3) is 2.81. The molecule has 27 heavy (non-hydrogen) atoms. The molecule has 2 heterocycles. The number of hydrogen-bond donors (Lipinski definition) is 2. The number of nitrogens with zero attached hydrogens (tertiary/aromatic N) is 2. The molecule has 0 fully saturated rings. The topological polar surface area (TPSA) is 92.9 Å². The highest BCUT2D eigenvalue weighted by molar-refractivity contribution is 5.93. The molecule has 4 rings (SSSR count). The Labute approximate surface area is 155 Å². The number of carboxylic acids is 1. The van der Waals surface area contributed by atoms with Crippen molar-refractivity contribution in [3.05, 3.63) is 58.9 Å². The van der Waals surface area contributed by atoms with Crippen LogP contribution in [0, 0.1) is 6.92 Å². The quantitative estimate of drug-likeness (QED) is 0.742. The number of benzene rings is 1. The maximum atomic E-state index is 12.0. The molecule has 138 valence electrons. The standard InChI is InChI=1S/C20H19N3O4/c1-11-16(20(25)26)10-23-18(11)17(7-8-22-23)27-13-4-6-14-12(9-13)3-5-15(14)19(24)21-2/h4,6-10,15H,3,5H2,1-2H3,(H,21,24)(H,25,26)/t15-/m1/s1. The summed E-state index contributed by atoms with van der Waals surface area (Å²) in [6.45, 7) is 1.74. The number of hydrogen-bond acceptors (Lipinski definition) is 4. The van der Waals surface area contributed by atoms with Gasteiger partial charge in [0.25, 0.3) is 0 Å². The number of aromatic nitrogens is 2. The van der Waals surface area contributed by atoms with Gasteiger partial charge in [0.05, 0.1) is 17.7 Å². The Bertz CT molecular complexity index is 1070. The van der Waals surface area contributed by atoms with Crippen molar-refractivity contribution in [1.82, 2.24) is 14.9 Å². The summed E-state index contributed by atoms with van der Waals surface area (Å²) in [6, 6.07) is 7.44. The molecule has 1 aromatic carbocycles. The van der Waals surface area contributed by atoms with Crippen LogP contribution >= 0.6 is 0 Å². The van der Waals surface area contributed by atoms with Gasteiger partial charge in [0.15, 0.2) is 5.75 Å². The second-order valence-electron chi connectivity index (χ2n) is 6.63. The first-order valence-electron chi connectivity index (χ1n) is 8.72. The van der Waals surface area contributed by atoms with Crippen LogP contribution in [0.3, 0.4) is 0 Å². The summed E-state index contributed by atoms with van der Waals surface area (Å²) in [7, 11) is 1.65. The highest BCUT2D eigenvalue weighted by Crippen LogP contribution is 2.37. The number of nitrogens with one attached hydrogen (secondary N) is 1. The molecule has 3 aromatic rings.